The van der Waals surface area contributed by atoms with E-state index in [0.717, 1.165) is 73.6 Å². The summed E-state index contributed by atoms with van der Waals surface area (Å²) in [4.78, 5) is 27.9. The van der Waals surface area contributed by atoms with Crippen LogP contribution in [0.5, 0.6) is 0 Å². The highest BCUT2D eigenvalue weighted by Gasteiger charge is 2.32. The first-order valence-corrected chi connectivity index (χ1v) is 12.2. The number of imidazole rings is 1. The quantitative estimate of drug-likeness (QED) is 0.613. The summed E-state index contributed by atoms with van der Waals surface area (Å²) in [6, 6.07) is 12.7. The van der Waals surface area contributed by atoms with Crippen LogP contribution in [0.4, 0.5) is 5.69 Å². The van der Waals surface area contributed by atoms with E-state index in [9.17, 15) is 4.79 Å². The van der Waals surface area contributed by atoms with Crippen LogP contribution in [0, 0.1) is 12.8 Å². The Balaban J connectivity index is 1.28. The SMILES string of the molecule is Cc1ccc2[nH]c(-c3cc(N4CCC(C(=O)N(C)C5CCN(C)C5)CC4)ccc3Cl)nc2c1. The van der Waals surface area contributed by atoms with Gasteiger partial charge in [0.1, 0.15) is 5.82 Å². The molecule has 1 amide bonds. The predicted octanol–water partition coefficient (Wildman–Crippen LogP) is 4.57. The number of rotatable bonds is 4. The third-order valence-corrected chi connectivity index (χ3v) is 7.64. The van der Waals surface area contributed by atoms with Crippen molar-refractivity contribution in [2.75, 3.05) is 45.2 Å². The standard InChI is InChI=1S/C26H32ClN5O/c1-17-4-7-23-24(14-17)29-25(28-23)21-15-19(5-6-22(21)27)32-12-8-18(9-13-32)26(33)31(3)20-10-11-30(2)16-20/h4-7,14-15,18,20H,8-13,16H2,1-3H3,(H,28,29). The van der Waals surface area contributed by atoms with E-state index in [-0.39, 0.29) is 5.92 Å². The molecular formula is C26H32ClN5O. The fourth-order valence-electron chi connectivity index (χ4n) is 5.22. The molecule has 174 valence electrons. The number of piperidine rings is 1. The maximum Gasteiger partial charge on any atom is 0.225 e. The molecule has 0 bridgehead atoms. The van der Waals surface area contributed by atoms with Gasteiger partial charge in [-0.1, -0.05) is 17.7 Å². The minimum absolute atomic E-state index is 0.113. The molecule has 0 radical (unpaired) electrons. The number of anilines is 1. The average Bonchev–Trinajstić information content (AvgIpc) is 3.44. The highest BCUT2D eigenvalue weighted by molar-refractivity contribution is 6.33. The third kappa shape index (κ3) is 4.46. The number of hydrogen-bond donors (Lipinski definition) is 1. The van der Waals surface area contributed by atoms with Gasteiger partial charge in [-0.15, -0.1) is 0 Å². The Morgan fingerprint density at radius 3 is 2.64 bits per heavy atom. The molecule has 1 aromatic heterocycles. The predicted molar refractivity (Wildman–Crippen MR) is 135 cm³/mol. The number of nitrogens with one attached hydrogen (secondary N) is 1. The molecule has 2 aliphatic rings. The number of carbonyl (C=O) groups is 1. The van der Waals surface area contributed by atoms with Crippen LogP contribution in [0.15, 0.2) is 36.4 Å². The van der Waals surface area contributed by atoms with E-state index in [1.54, 1.807) is 0 Å². The zero-order valence-corrected chi connectivity index (χ0v) is 20.4. The number of amides is 1. The number of nitrogens with zero attached hydrogens (tertiary/aromatic N) is 4. The lowest BCUT2D eigenvalue weighted by Gasteiger charge is -2.36. The Kier molecular flexibility index (Phi) is 6.06. The first kappa shape index (κ1) is 22.2. The molecule has 2 aromatic carbocycles. The Bertz CT molecular complexity index is 1170. The van der Waals surface area contributed by atoms with Gasteiger partial charge in [0.25, 0.3) is 0 Å². The second kappa shape index (κ2) is 8.99. The summed E-state index contributed by atoms with van der Waals surface area (Å²) in [5.41, 5.74) is 5.18. The fourth-order valence-corrected chi connectivity index (χ4v) is 5.42. The molecule has 0 aliphatic carbocycles. The summed E-state index contributed by atoms with van der Waals surface area (Å²) in [6.45, 7) is 5.87. The number of hydrogen-bond acceptors (Lipinski definition) is 4. The molecule has 2 fully saturated rings. The van der Waals surface area contributed by atoms with Crippen molar-refractivity contribution in [2.45, 2.75) is 32.2 Å². The lowest BCUT2D eigenvalue weighted by atomic mass is 9.94. The summed E-state index contributed by atoms with van der Waals surface area (Å²) in [7, 11) is 4.11. The van der Waals surface area contributed by atoms with Gasteiger partial charge in [0.2, 0.25) is 5.91 Å². The molecule has 6 nitrogen and oxygen atoms in total. The van der Waals surface area contributed by atoms with E-state index < -0.39 is 0 Å². The lowest BCUT2D eigenvalue weighted by Crippen LogP contribution is -2.45. The number of halogens is 1. The summed E-state index contributed by atoms with van der Waals surface area (Å²) in [5, 5.41) is 0.683. The maximum absolute atomic E-state index is 13.1. The van der Waals surface area contributed by atoms with Gasteiger partial charge in [-0.3, -0.25) is 4.79 Å². The van der Waals surface area contributed by atoms with Crippen molar-refractivity contribution in [3.63, 3.8) is 0 Å². The summed E-state index contributed by atoms with van der Waals surface area (Å²) in [5.74, 6) is 1.21. The molecule has 5 rings (SSSR count). The normalized spacial score (nSPS) is 20.0. The van der Waals surface area contributed by atoms with Crippen molar-refractivity contribution in [2.24, 2.45) is 5.92 Å². The second-order valence-corrected chi connectivity index (χ2v) is 10.1. The molecule has 0 spiro atoms. The van der Waals surface area contributed by atoms with Crippen LogP contribution >= 0.6 is 11.6 Å². The van der Waals surface area contributed by atoms with E-state index in [4.69, 9.17) is 16.6 Å². The molecule has 3 heterocycles. The Morgan fingerprint density at radius 1 is 1.12 bits per heavy atom. The van der Waals surface area contributed by atoms with Gasteiger partial charge in [-0.25, -0.2) is 4.98 Å². The number of aromatic nitrogens is 2. The number of fused-ring (bicyclic) bond motifs is 1. The summed E-state index contributed by atoms with van der Waals surface area (Å²) >= 11 is 6.57. The van der Waals surface area contributed by atoms with E-state index in [1.807, 2.05) is 18.0 Å². The number of aryl methyl sites for hydroxylation is 1. The van der Waals surface area contributed by atoms with Crippen LogP contribution in [0.1, 0.15) is 24.8 Å². The van der Waals surface area contributed by atoms with Gasteiger partial charge < -0.3 is 19.7 Å². The van der Waals surface area contributed by atoms with Crippen molar-refractivity contribution < 1.29 is 4.79 Å². The molecule has 1 N–H and O–H groups in total. The Labute approximate surface area is 200 Å². The third-order valence-electron chi connectivity index (χ3n) is 7.31. The van der Waals surface area contributed by atoms with Crippen LogP contribution in [0.3, 0.4) is 0 Å². The van der Waals surface area contributed by atoms with Gasteiger partial charge in [-0.2, -0.15) is 0 Å². The smallest absolute Gasteiger partial charge is 0.225 e. The van der Waals surface area contributed by atoms with E-state index >= 15 is 0 Å². The Morgan fingerprint density at radius 2 is 1.91 bits per heavy atom. The van der Waals surface area contributed by atoms with Crippen LogP contribution in [-0.4, -0.2) is 72.0 Å². The van der Waals surface area contributed by atoms with Gasteiger partial charge in [0.15, 0.2) is 0 Å². The molecular weight excluding hydrogens is 434 g/mol. The first-order valence-electron chi connectivity index (χ1n) is 11.9. The molecule has 33 heavy (non-hydrogen) atoms. The van der Waals surface area contributed by atoms with E-state index in [0.29, 0.717) is 17.0 Å². The first-order chi connectivity index (χ1) is 15.9. The number of benzene rings is 2. The number of H-pyrrole nitrogens is 1. The van der Waals surface area contributed by atoms with Crippen molar-refractivity contribution in [3.05, 3.63) is 47.0 Å². The van der Waals surface area contributed by atoms with Crippen LogP contribution in [0.2, 0.25) is 5.02 Å². The maximum atomic E-state index is 13.1. The monoisotopic (exact) mass is 465 g/mol. The molecule has 3 aromatic rings. The van der Waals surface area contributed by atoms with Crippen molar-refractivity contribution >= 4 is 34.2 Å². The zero-order chi connectivity index (χ0) is 23.1. The van der Waals surface area contributed by atoms with Gasteiger partial charge >= 0.3 is 0 Å². The minimum Gasteiger partial charge on any atom is -0.371 e. The van der Waals surface area contributed by atoms with Crippen molar-refractivity contribution in [3.8, 4) is 11.4 Å². The largest absolute Gasteiger partial charge is 0.371 e. The highest BCUT2D eigenvalue weighted by atomic mass is 35.5. The topological polar surface area (TPSA) is 55.5 Å². The van der Waals surface area contributed by atoms with Gasteiger partial charge in [0, 0.05) is 49.9 Å². The van der Waals surface area contributed by atoms with Gasteiger partial charge in [-0.05, 0) is 75.7 Å². The molecule has 1 atom stereocenters. The van der Waals surface area contributed by atoms with E-state index in [1.165, 1.54) is 5.56 Å². The molecule has 2 saturated heterocycles. The number of likely N-dealkylation sites (tertiary alicyclic amines) is 1. The number of likely N-dealkylation sites (N-methyl/N-ethyl adjacent to an activating group) is 2. The molecule has 0 saturated carbocycles. The van der Waals surface area contributed by atoms with Crippen molar-refractivity contribution in [1.82, 2.24) is 19.8 Å². The number of aromatic amines is 1. The average molecular weight is 466 g/mol. The van der Waals surface area contributed by atoms with Crippen LogP contribution < -0.4 is 4.90 Å². The lowest BCUT2D eigenvalue weighted by molar-refractivity contribution is -0.136. The zero-order valence-electron chi connectivity index (χ0n) is 19.6. The summed E-state index contributed by atoms with van der Waals surface area (Å²) in [6.07, 6.45) is 2.84. The highest BCUT2D eigenvalue weighted by Crippen LogP contribution is 2.33. The second-order valence-electron chi connectivity index (χ2n) is 9.69. The van der Waals surface area contributed by atoms with Gasteiger partial charge in [0.05, 0.1) is 16.1 Å². The van der Waals surface area contributed by atoms with Crippen molar-refractivity contribution in [1.29, 1.82) is 0 Å². The molecule has 1 unspecified atom stereocenters. The van der Waals surface area contributed by atoms with E-state index in [2.05, 4.69) is 59.1 Å². The fraction of sp³-hybridized carbons (Fsp3) is 0.462. The van der Waals surface area contributed by atoms with Crippen LogP contribution in [-0.2, 0) is 4.79 Å². The summed E-state index contributed by atoms with van der Waals surface area (Å²) < 4.78 is 0. The number of carbonyl (C=O) groups excluding carboxylic acids is 1. The molecule has 7 heteroatoms. The minimum atomic E-state index is 0.113. The molecule has 2 aliphatic heterocycles. The van der Waals surface area contributed by atoms with Crippen LogP contribution in [0.25, 0.3) is 22.4 Å². The Hall–Kier alpha value is -2.57.